The summed E-state index contributed by atoms with van der Waals surface area (Å²) >= 11 is 0. The van der Waals surface area contributed by atoms with Gasteiger partial charge in [0.15, 0.2) is 5.60 Å². The van der Waals surface area contributed by atoms with Crippen LogP contribution in [0.2, 0.25) is 0 Å². The Kier molecular flexibility index (Phi) is 12.1. The van der Waals surface area contributed by atoms with E-state index < -0.39 is 41.4 Å². The van der Waals surface area contributed by atoms with Crippen molar-refractivity contribution in [2.45, 2.75) is 18.4 Å². The van der Waals surface area contributed by atoms with Crippen molar-refractivity contribution in [3.8, 4) is 0 Å². The summed E-state index contributed by atoms with van der Waals surface area (Å²) in [6.45, 7) is 0. The van der Waals surface area contributed by atoms with Crippen LogP contribution in [0, 0.1) is 55.3 Å². The number of carboxylic acids is 3. The van der Waals surface area contributed by atoms with Gasteiger partial charge in [0.2, 0.25) is 0 Å². The zero-order valence-corrected chi connectivity index (χ0v) is 12.7. The number of aliphatic hydroxyl groups is 1. The summed E-state index contributed by atoms with van der Waals surface area (Å²) in [6, 6.07) is 0. The molecular weight excluding hydrogens is 478 g/mol. The van der Waals surface area contributed by atoms with Gasteiger partial charge in [-0.25, -0.2) is 4.79 Å². The van der Waals surface area contributed by atoms with E-state index in [4.69, 9.17) is 35.7 Å². The van der Waals surface area contributed by atoms with Crippen LogP contribution in [0.3, 0.4) is 0 Å². The second-order valence-corrected chi connectivity index (χ2v) is 2.70. The van der Waals surface area contributed by atoms with Gasteiger partial charge in [-0.15, -0.1) is 0 Å². The Bertz CT molecular complexity index is 308. The quantitative estimate of drug-likeness (QED) is 0.262. The smallest absolute Gasteiger partial charge is 0.336 e. The molecule has 0 rings (SSSR count). The van der Waals surface area contributed by atoms with Crippen molar-refractivity contribution in [1.82, 2.24) is 0 Å². The summed E-state index contributed by atoms with van der Waals surface area (Å²) in [4.78, 5) is 38.7. The van der Waals surface area contributed by atoms with Crippen LogP contribution in [0.15, 0.2) is 0 Å². The maximum atomic E-state index is 10.3. The number of rotatable bonds is 5. The standard InChI is InChI=1S/C6H8O7.NO3.Th/c7-3(8)1-6(13,5(11)12)2-4(9)10;2-1(3)4;/h13H,1-2H2,(H,7,8)(H,9,10)(H,11,12);;/q;-1;. The van der Waals surface area contributed by atoms with Gasteiger partial charge in [-0.1, -0.05) is 0 Å². The van der Waals surface area contributed by atoms with Gasteiger partial charge >= 0.3 is 17.9 Å². The second-order valence-electron chi connectivity index (χ2n) is 2.70. The number of hydrogen-bond donors (Lipinski definition) is 4. The van der Waals surface area contributed by atoms with E-state index in [-0.39, 0.29) is 39.9 Å². The first-order valence-electron chi connectivity index (χ1n) is 3.72. The summed E-state index contributed by atoms with van der Waals surface area (Å²) in [5.74, 6) is -5.02. The second kappa shape index (κ2) is 9.88. The molecule has 12 heteroatoms. The van der Waals surface area contributed by atoms with E-state index in [1.54, 1.807) is 0 Å². The minimum Gasteiger partial charge on any atom is -0.481 e. The fourth-order valence-corrected chi connectivity index (χ4v) is 0.714. The zero-order chi connectivity index (χ0) is 14.2. The Labute approximate surface area is 131 Å². The number of nitrogens with zero attached hydrogens (tertiary/aromatic N) is 1. The van der Waals surface area contributed by atoms with Crippen LogP contribution in [-0.4, -0.2) is 49.0 Å². The maximum absolute atomic E-state index is 10.3. The molecule has 0 amide bonds. The Morgan fingerprint density at radius 2 is 1.22 bits per heavy atom. The summed E-state index contributed by atoms with van der Waals surface area (Å²) in [5, 5.41) is 48.6. The molecule has 0 saturated carbocycles. The van der Waals surface area contributed by atoms with Crippen LogP contribution in [-0.2, 0) is 14.4 Å². The van der Waals surface area contributed by atoms with Crippen LogP contribution < -0.4 is 0 Å². The number of aliphatic carboxylic acids is 3. The van der Waals surface area contributed by atoms with E-state index in [1.807, 2.05) is 0 Å². The molecule has 0 aromatic carbocycles. The van der Waals surface area contributed by atoms with Gasteiger partial charge in [0.05, 0.1) is 17.9 Å². The molecule has 18 heavy (non-hydrogen) atoms. The molecule has 0 bridgehead atoms. The van der Waals surface area contributed by atoms with Gasteiger partial charge < -0.3 is 35.7 Å². The minimum atomic E-state index is -2.74. The molecule has 0 aliphatic carbocycles. The van der Waals surface area contributed by atoms with Crippen LogP contribution in [0.25, 0.3) is 0 Å². The molecule has 11 nitrogen and oxygen atoms in total. The number of hydrogen-bond acceptors (Lipinski definition) is 7. The molecule has 0 aliphatic rings. The summed E-state index contributed by atoms with van der Waals surface area (Å²) in [7, 11) is 0. The van der Waals surface area contributed by atoms with Crippen molar-refractivity contribution in [3.05, 3.63) is 15.3 Å². The Morgan fingerprint density at radius 3 is 1.33 bits per heavy atom. The van der Waals surface area contributed by atoms with Crippen molar-refractivity contribution in [3.63, 3.8) is 0 Å². The summed E-state index contributed by atoms with van der Waals surface area (Å²) < 4.78 is 0. The molecule has 0 aromatic heterocycles. The van der Waals surface area contributed by atoms with Crippen molar-refractivity contribution in [1.29, 1.82) is 0 Å². The summed E-state index contributed by atoms with van der Waals surface area (Å²) in [6.07, 6.45) is -2.29. The van der Waals surface area contributed by atoms with Gasteiger partial charge in [0.1, 0.15) is 0 Å². The predicted molar refractivity (Wildman–Crippen MR) is 47.5 cm³/mol. The topological polar surface area (TPSA) is 198 Å². The van der Waals surface area contributed by atoms with Crippen LogP contribution in [0.1, 0.15) is 12.8 Å². The fraction of sp³-hybridized carbons (Fsp3) is 0.500. The number of carboxylic acid groups (broad SMARTS) is 3. The SMILES string of the molecule is O=C(O)CC(O)(CC(=O)O)C(=O)O.O=[N+]([O-])[O-].[Th]. The monoisotopic (exact) mass is 486 g/mol. The van der Waals surface area contributed by atoms with Gasteiger partial charge in [0, 0.05) is 39.9 Å². The first-order chi connectivity index (χ1) is 7.51. The molecule has 0 fully saturated rings. The van der Waals surface area contributed by atoms with Crippen molar-refractivity contribution >= 4 is 17.9 Å². The van der Waals surface area contributed by atoms with E-state index in [0.29, 0.717) is 0 Å². The average molecular weight is 486 g/mol. The molecule has 0 radical (unpaired) electrons. The molecule has 0 spiro atoms. The molecule has 0 unspecified atom stereocenters. The molecular formula is C6H8NO10Th-. The Hall–Kier alpha value is -1.11. The van der Waals surface area contributed by atoms with E-state index in [0.717, 1.165) is 0 Å². The predicted octanol–water partition coefficient (Wildman–Crippen LogP) is -1.49. The zero-order valence-electron chi connectivity index (χ0n) is 8.60. The van der Waals surface area contributed by atoms with Crippen LogP contribution in [0.4, 0.5) is 0 Å². The van der Waals surface area contributed by atoms with Crippen molar-refractivity contribution < 1.29 is 79.8 Å². The molecule has 102 valence electrons. The third-order valence-corrected chi connectivity index (χ3v) is 1.29. The molecule has 4 N–H and O–H groups in total. The van der Waals surface area contributed by atoms with Crippen LogP contribution in [0.5, 0.6) is 0 Å². The largest absolute Gasteiger partial charge is 0.481 e. The van der Waals surface area contributed by atoms with E-state index in [9.17, 15) is 14.4 Å². The van der Waals surface area contributed by atoms with E-state index in [2.05, 4.69) is 0 Å². The van der Waals surface area contributed by atoms with Gasteiger partial charge in [-0.3, -0.25) is 9.59 Å². The molecule has 0 aliphatic heterocycles. The number of carbonyl (C=O) groups is 3. The van der Waals surface area contributed by atoms with Crippen molar-refractivity contribution in [2.24, 2.45) is 0 Å². The minimum absolute atomic E-state index is 0. The molecule has 0 heterocycles. The van der Waals surface area contributed by atoms with Gasteiger partial charge in [0.25, 0.3) is 0 Å². The fourth-order valence-electron chi connectivity index (χ4n) is 0.714. The first-order valence-corrected chi connectivity index (χ1v) is 3.72. The molecule has 0 saturated heterocycles. The van der Waals surface area contributed by atoms with Gasteiger partial charge in [-0.2, -0.15) is 0 Å². The van der Waals surface area contributed by atoms with Crippen LogP contribution >= 0.6 is 0 Å². The molecule has 0 aromatic rings. The molecule has 0 atom stereocenters. The summed E-state index contributed by atoms with van der Waals surface area (Å²) in [5.41, 5.74) is -2.74. The van der Waals surface area contributed by atoms with Crippen molar-refractivity contribution in [2.75, 3.05) is 0 Å². The average Bonchev–Trinajstić information content (AvgIpc) is 1.98. The normalized spacial score (nSPS) is 9.17. The third-order valence-electron chi connectivity index (χ3n) is 1.29. The first kappa shape index (κ1) is 22.1. The van der Waals surface area contributed by atoms with E-state index in [1.165, 1.54) is 0 Å². The Balaban J connectivity index is -0.000000392. The third kappa shape index (κ3) is 13.0. The van der Waals surface area contributed by atoms with Gasteiger partial charge in [-0.05, 0) is 0 Å². The van der Waals surface area contributed by atoms with E-state index >= 15 is 0 Å². The maximum Gasteiger partial charge on any atom is 0.336 e. The Morgan fingerprint density at radius 1 is 1.00 bits per heavy atom.